The molecule has 0 aliphatic heterocycles. The number of benzene rings is 1. The predicted molar refractivity (Wildman–Crippen MR) is 76.0 cm³/mol. The van der Waals surface area contributed by atoms with Gasteiger partial charge >= 0.3 is 12.0 Å². The van der Waals surface area contributed by atoms with Gasteiger partial charge in [-0.05, 0) is 23.6 Å². The molecule has 0 spiro atoms. The molecule has 110 valence electrons. The molecule has 0 atom stereocenters. The van der Waals surface area contributed by atoms with Crippen LogP contribution in [0.2, 0.25) is 0 Å². The van der Waals surface area contributed by atoms with Crippen molar-refractivity contribution < 1.29 is 19.4 Å². The Hall–Kier alpha value is -2.08. The fourth-order valence-corrected chi connectivity index (χ4v) is 1.52. The van der Waals surface area contributed by atoms with E-state index in [2.05, 4.69) is 24.5 Å². The minimum atomic E-state index is -1.03. The number of rotatable bonds is 7. The summed E-state index contributed by atoms with van der Waals surface area (Å²) in [6.45, 7) is 4.26. The van der Waals surface area contributed by atoms with E-state index in [1.165, 1.54) is 5.56 Å². The van der Waals surface area contributed by atoms with Gasteiger partial charge in [-0.3, -0.25) is 0 Å². The number of hydrogen-bond acceptors (Lipinski definition) is 3. The first-order chi connectivity index (χ1) is 9.49. The molecule has 0 heterocycles. The van der Waals surface area contributed by atoms with Gasteiger partial charge in [0.05, 0.1) is 6.61 Å². The third kappa shape index (κ3) is 6.19. The van der Waals surface area contributed by atoms with Crippen LogP contribution in [0.15, 0.2) is 24.3 Å². The number of carbonyl (C=O) groups is 2. The zero-order valence-electron chi connectivity index (χ0n) is 11.7. The molecule has 0 aliphatic carbocycles. The quantitative estimate of drug-likeness (QED) is 0.667. The second kappa shape index (κ2) is 8.16. The Balaban J connectivity index is 2.26. The van der Waals surface area contributed by atoms with Crippen molar-refractivity contribution in [3.05, 3.63) is 29.8 Å². The van der Waals surface area contributed by atoms with Gasteiger partial charge in [-0.15, -0.1) is 0 Å². The van der Waals surface area contributed by atoms with Crippen LogP contribution in [-0.4, -0.2) is 36.9 Å². The summed E-state index contributed by atoms with van der Waals surface area (Å²) in [4.78, 5) is 21.7. The molecule has 0 aliphatic rings. The molecule has 3 N–H and O–H groups in total. The molecule has 6 nitrogen and oxygen atoms in total. The van der Waals surface area contributed by atoms with E-state index in [1.807, 2.05) is 24.3 Å². The second-order valence-electron chi connectivity index (χ2n) is 4.60. The molecule has 0 radical (unpaired) electrons. The predicted octanol–water partition coefficient (Wildman–Crippen LogP) is 2.03. The Morgan fingerprint density at radius 1 is 1.25 bits per heavy atom. The highest BCUT2D eigenvalue weighted by Crippen LogP contribution is 2.16. The number of amides is 2. The van der Waals surface area contributed by atoms with E-state index in [9.17, 15) is 9.59 Å². The Morgan fingerprint density at radius 3 is 2.45 bits per heavy atom. The maximum atomic E-state index is 11.5. The summed E-state index contributed by atoms with van der Waals surface area (Å²) in [5.74, 6) is -0.580. The van der Waals surface area contributed by atoms with E-state index in [1.54, 1.807) is 0 Å². The molecular formula is C14H20N2O4. The molecule has 0 fully saturated rings. The molecule has 0 unspecified atom stereocenters. The average molecular weight is 280 g/mol. The largest absolute Gasteiger partial charge is 0.480 e. The highest BCUT2D eigenvalue weighted by atomic mass is 16.5. The number of hydrogen-bond donors (Lipinski definition) is 3. The van der Waals surface area contributed by atoms with Gasteiger partial charge in [-0.1, -0.05) is 26.0 Å². The lowest BCUT2D eigenvalue weighted by molar-refractivity contribution is -0.142. The van der Waals surface area contributed by atoms with Crippen molar-refractivity contribution in [3.63, 3.8) is 0 Å². The monoisotopic (exact) mass is 280 g/mol. The standard InChI is InChI=1S/C14H20N2O4/c1-10(2)11-3-5-12(6-4-11)16-14(19)15-7-8-20-9-13(17)18/h3-6,10H,7-9H2,1-2H3,(H,17,18)(H2,15,16,19). The number of anilines is 1. The minimum Gasteiger partial charge on any atom is -0.480 e. The van der Waals surface area contributed by atoms with Crippen LogP contribution in [-0.2, 0) is 9.53 Å². The third-order valence-electron chi connectivity index (χ3n) is 2.59. The number of carboxylic acid groups (broad SMARTS) is 1. The molecule has 0 bridgehead atoms. The van der Waals surface area contributed by atoms with Crippen molar-refractivity contribution in [3.8, 4) is 0 Å². The van der Waals surface area contributed by atoms with E-state index in [4.69, 9.17) is 9.84 Å². The van der Waals surface area contributed by atoms with Gasteiger partial charge < -0.3 is 20.5 Å². The zero-order chi connectivity index (χ0) is 15.0. The fourth-order valence-electron chi connectivity index (χ4n) is 1.52. The molecule has 0 saturated heterocycles. The summed E-state index contributed by atoms with van der Waals surface area (Å²) in [7, 11) is 0. The number of carbonyl (C=O) groups excluding carboxylic acids is 1. The first-order valence-electron chi connectivity index (χ1n) is 6.43. The molecule has 0 saturated carbocycles. The molecule has 20 heavy (non-hydrogen) atoms. The highest BCUT2D eigenvalue weighted by Gasteiger charge is 2.03. The lowest BCUT2D eigenvalue weighted by Crippen LogP contribution is -2.31. The van der Waals surface area contributed by atoms with E-state index >= 15 is 0 Å². The molecule has 1 aromatic carbocycles. The van der Waals surface area contributed by atoms with Gasteiger partial charge in [0.15, 0.2) is 0 Å². The summed E-state index contributed by atoms with van der Waals surface area (Å²) in [5.41, 5.74) is 1.91. The smallest absolute Gasteiger partial charge is 0.329 e. The first-order valence-corrected chi connectivity index (χ1v) is 6.43. The van der Waals surface area contributed by atoms with Gasteiger partial charge in [0.25, 0.3) is 0 Å². The van der Waals surface area contributed by atoms with Gasteiger partial charge in [0, 0.05) is 12.2 Å². The summed E-state index contributed by atoms with van der Waals surface area (Å²) in [6.07, 6.45) is 0. The highest BCUT2D eigenvalue weighted by molar-refractivity contribution is 5.89. The normalized spacial score (nSPS) is 10.3. The summed E-state index contributed by atoms with van der Waals surface area (Å²) in [5, 5.41) is 13.6. The lowest BCUT2D eigenvalue weighted by Gasteiger charge is -2.09. The minimum absolute atomic E-state index is 0.159. The molecule has 0 aromatic heterocycles. The van der Waals surface area contributed by atoms with Crippen molar-refractivity contribution >= 4 is 17.7 Å². The third-order valence-corrected chi connectivity index (χ3v) is 2.59. The van der Waals surface area contributed by atoms with E-state index in [0.717, 1.165) is 0 Å². The van der Waals surface area contributed by atoms with Gasteiger partial charge in [0.1, 0.15) is 6.61 Å². The first kappa shape index (κ1) is 16.0. The van der Waals surface area contributed by atoms with Crippen LogP contribution in [0.1, 0.15) is 25.3 Å². The number of carboxylic acids is 1. The van der Waals surface area contributed by atoms with Crippen LogP contribution in [0, 0.1) is 0 Å². The number of aliphatic carboxylic acids is 1. The Labute approximate surface area is 118 Å². The van der Waals surface area contributed by atoms with E-state index < -0.39 is 5.97 Å². The van der Waals surface area contributed by atoms with Gasteiger partial charge in [0.2, 0.25) is 0 Å². The Bertz CT molecular complexity index is 443. The lowest BCUT2D eigenvalue weighted by atomic mass is 10.0. The zero-order valence-corrected chi connectivity index (χ0v) is 11.7. The van der Waals surface area contributed by atoms with Crippen LogP contribution in [0.5, 0.6) is 0 Å². The van der Waals surface area contributed by atoms with Crippen molar-refractivity contribution in [2.24, 2.45) is 0 Å². The average Bonchev–Trinajstić information content (AvgIpc) is 2.38. The van der Waals surface area contributed by atoms with Crippen molar-refractivity contribution in [2.45, 2.75) is 19.8 Å². The number of nitrogens with one attached hydrogen (secondary N) is 2. The maximum absolute atomic E-state index is 11.5. The Kier molecular flexibility index (Phi) is 6.52. The summed E-state index contributed by atoms with van der Waals surface area (Å²) >= 11 is 0. The SMILES string of the molecule is CC(C)c1ccc(NC(=O)NCCOCC(=O)O)cc1. The van der Waals surface area contributed by atoms with E-state index in [-0.39, 0.29) is 25.8 Å². The molecule has 2 amide bonds. The van der Waals surface area contributed by atoms with Crippen molar-refractivity contribution in [1.82, 2.24) is 5.32 Å². The van der Waals surface area contributed by atoms with Crippen LogP contribution in [0.25, 0.3) is 0 Å². The fraction of sp³-hybridized carbons (Fsp3) is 0.429. The topological polar surface area (TPSA) is 87.7 Å². The maximum Gasteiger partial charge on any atom is 0.329 e. The van der Waals surface area contributed by atoms with E-state index in [0.29, 0.717) is 11.6 Å². The number of ether oxygens (including phenoxy) is 1. The molecular weight excluding hydrogens is 260 g/mol. The van der Waals surface area contributed by atoms with Crippen LogP contribution in [0.4, 0.5) is 10.5 Å². The molecule has 6 heteroatoms. The van der Waals surface area contributed by atoms with Gasteiger partial charge in [-0.25, -0.2) is 9.59 Å². The number of urea groups is 1. The van der Waals surface area contributed by atoms with Gasteiger partial charge in [-0.2, -0.15) is 0 Å². The van der Waals surface area contributed by atoms with Crippen molar-refractivity contribution in [2.75, 3.05) is 25.1 Å². The van der Waals surface area contributed by atoms with Crippen LogP contribution < -0.4 is 10.6 Å². The second-order valence-corrected chi connectivity index (χ2v) is 4.60. The van der Waals surface area contributed by atoms with Crippen LogP contribution >= 0.6 is 0 Å². The van der Waals surface area contributed by atoms with Crippen molar-refractivity contribution in [1.29, 1.82) is 0 Å². The van der Waals surface area contributed by atoms with Crippen LogP contribution in [0.3, 0.4) is 0 Å². The summed E-state index contributed by atoms with van der Waals surface area (Å²) < 4.78 is 4.80. The summed E-state index contributed by atoms with van der Waals surface area (Å²) in [6, 6.07) is 7.28. The Morgan fingerprint density at radius 2 is 1.90 bits per heavy atom. The molecule has 1 rings (SSSR count). The molecule has 1 aromatic rings.